The van der Waals surface area contributed by atoms with Crippen molar-refractivity contribution in [3.05, 3.63) is 215 Å². The number of hydrogen-bond acceptors (Lipinski definition) is 4. The van der Waals surface area contributed by atoms with Gasteiger partial charge in [-0.05, 0) is 135 Å². The minimum atomic E-state index is -0.387. The smallest absolute Gasteiger partial charge is 0.262 e. The van der Waals surface area contributed by atoms with Gasteiger partial charge in [0.1, 0.15) is 12.3 Å². The molecule has 62 heavy (non-hydrogen) atoms. The number of aryl methyl sites for hydroxylation is 1. The van der Waals surface area contributed by atoms with Crippen LogP contribution in [0.4, 0.5) is 22.7 Å². The first-order valence-electron chi connectivity index (χ1n) is 21.8. The number of rotatable bonds is 10. The van der Waals surface area contributed by atoms with Crippen LogP contribution in [0.25, 0.3) is 21.5 Å². The number of anilines is 4. The molecule has 2 N–H and O–H groups in total. The fraction of sp³-hybridized carbons (Fsp3) is 0.179. The van der Waals surface area contributed by atoms with Crippen LogP contribution in [0.5, 0.6) is 0 Å². The lowest BCUT2D eigenvalue weighted by Crippen LogP contribution is -2.43. The number of benzene rings is 8. The fourth-order valence-corrected chi connectivity index (χ4v) is 9.36. The molecule has 2 aliphatic rings. The molecule has 6 nitrogen and oxygen atoms in total. The first-order chi connectivity index (χ1) is 30.2. The second-order valence-corrected chi connectivity index (χ2v) is 17.5. The van der Waals surface area contributed by atoms with Gasteiger partial charge in [0.25, 0.3) is 11.8 Å². The number of carbonyl (C=O) groups is 2. The lowest BCUT2D eigenvalue weighted by atomic mass is 9.78. The van der Waals surface area contributed by atoms with Crippen molar-refractivity contribution < 1.29 is 9.59 Å². The number of nitrogens with one attached hydrogen (secondary N) is 2. The molecule has 306 valence electrons. The first kappa shape index (κ1) is 39.0. The summed E-state index contributed by atoms with van der Waals surface area (Å²) in [6, 6.07) is 60.5. The number of para-hydroxylation sites is 1. The van der Waals surface area contributed by atoms with Crippen molar-refractivity contribution in [1.29, 1.82) is 0 Å². The van der Waals surface area contributed by atoms with Crippen molar-refractivity contribution in [3.8, 4) is 0 Å². The molecule has 0 aliphatic carbocycles. The maximum Gasteiger partial charge on any atom is 0.262 e. The van der Waals surface area contributed by atoms with Crippen LogP contribution in [0.15, 0.2) is 176 Å². The van der Waals surface area contributed by atoms with Crippen molar-refractivity contribution >= 4 is 56.1 Å². The van der Waals surface area contributed by atoms with Crippen LogP contribution < -0.4 is 20.4 Å². The van der Waals surface area contributed by atoms with E-state index in [1.54, 1.807) is 0 Å². The van der Waals surface area contributed by atoms with E-state index in [0.29, 0.717) is 17.5 Å². The largest absolute Gasteiger partial charge is 0.360 e. The molecule has 6 heteroatoms. The van der Waals surface area contributed by atoms with Gasteiger partial charge in [0.05, 0.1) is 11.1 Å². The maximum absolute atomic E-state index is 14.8. The van der Waals surface area contributed by atoms with E-state index in [1.165, 1.54) is 10.9 Å². The van der Waals surface area contributed by atoms with Gasteiger partial charge in [-0.1, -0.05) is 142 Å². The van der Waals surface area contributed by atoms with E-state index in [-0.39, 0.29) is 29.6 Å². The average molecular weight is 811 g/mol. The van der Waals surface area contributed by atoms with Crippen LogP contribution in [-0.4, -0.2) is 11.8 Å². The molecular weight excluding hydrogens is 761 g/mol. The third kappa shape index (κ3) is 7.26. The number of nitrogens with zero attached hydrogens (tertiary/aromatic N) is 2. The number of hydrogen-bond donors (Lipinski definition) is 2. The molecule has 8 aromatic carbocycles. The maximum atomic E-state index is 14.8. The Morgan fingerprint density at radius 3 is 1.60 bits per heavy atom. The predicted molar refractivity (Wildman–Crippen MR) is 255 cm³/mol. The van der Waals surface area contributed by atoms with Gasteiger partial charge in [0, 0.05) is 22.7 Å². The molecule has 2 aliphatic heterocycles. The van der Waals surface area contributed by atoms with Gasteiger partial charge >= 0.3 is 0 Å². The van der Waals surface area contributed by atoms with E-state index >= 15 is 0 Å². The van der Waals surface area contributed by atoms with E-state index in [0.717, 1.165) is 80.4 Å². The molecule has 0 spiro atoms. The number of unbranched alkanes of at least 4 members (excludes halogenated alkanes) is 1. The molecule has 0 radical (unpaired) electrons. The Bertz CT molecular complexity index is 2970. The minimum absolute atomic E-state index is 0.0235. The molecule has 10 rings (SSSR count). The van der Waals surface area contributed by atoms with Crippen molar-refractivity contribution in [2.75, 3.05) is 20.4 Å². The van der Waals surface area contributed by atoms with Gasteiger partial charge in [-0.3, -0.25) is 19.4 Å². The zero-order valence-corrected chi connectivity index (χ0v) is 35.4. The second kappa shape index (κ2) is 16.0. The van der Waals surface area contributed by atoms with Crippen LogP contribution in [0.2, 0.25) is 0 Å². The molecule has 2 heterocycles. The molecule has 0 saturated heterocycles. The summed E-state index contributed by atoms with van der Waals surface area (Å²) in [5, 5.41) is 12.0. The lowest BCUT2D eigenvalue weighted by molar-refractivity contribution is 0.0967. The highest BCUT2D eigenvalue weighted by Gasteiger charge is 2.36. The summed E-state index contributed by atoms with van der Waals surface area (Å²) in [4.78, 5) is 32.9. The monoisotopic (exact) mass is 810 g/mol. The van der Waals surface area contributed by atoms with E-state index in [4.69, 9.17) is 0 Å². The summed E-state index contributed by atoms with van der Waals surface area (Å²) < 4.78 is 0. The third-order valence-electron chi connectivity index (χ3n) is 12.8. The van der Waals surface area contributed by atoms with Crippen LogP contribution >= 0.6 is 0 Å². The van der Waals surface area contributed by atoms with Crippen molar-refractivity contribution in [3.63, 3.8) is 0 Å². The average Bonchev–Trinajstić information content (AvgIpc) is 3.31. The van der Waals surface area contributed by atoms with Crippen molar-refractivity contribution in [1.82, 2.24) is 0 Å². The Labute approximate surface area is 363 Å². The topological polar surface area (TPSA) is 64.7 Å². The number of amides is 2. The minimum Gasteiger partial charge on any atom is -0.360 e. The van der Waals surface area contributed by atoms with E-state index in [2.05, 4.69) is 171 Å². The standard InChI is InChI=1S/C56H50N4O2/c1-4-5-12-37-19-28-46(29-20-37)60-53(44-25-23-40-14-7-9-16-42(40)35-44)58-51-32-21-38(33-49(51)55(60)62)36-56(2,3)45-26-30-47(31-27-45)59-52(57-50-18-11-10-17-48(50)54(59)61)43-24-22-39-13-6-8-15-41(39)34-43/h6-11,13-35,52-53,57-58H,4-5,12,36H2,1-3H3. The Morgan fingerprint density at radius 1 is 0.500 bits per heavy atom. The summed E-state index contributed by atoms with van der Waals surface area (Å²) >= 11 is 0. The van der Waals surface area contributed by atoms with Gasteiger partial charge in [0.15, 0.2) is 0 Å². The lowest BCUT2D eigenvalue weighted by Gasteiger charge is -2.39. The summed E-state index contributed by atoms with van der Waals surface area (Å²) in [6.45, 7) is 6.69. The highest BCUT2D eigenvalue weighted by molar-refractivity contribution is 6.13. The zero-order chi connectivity index (χ0) is 42.4. The van der Waals surface area contributed by atoms with Crippen LogP contribution in [-0.2, 0) is 18.3 Å². The summed E-state index contributed by atoms with van der Waals surface area (Å²) in [7, 11) is 0. The molecule has 0 saturated carbocycles. The fourth-order valence-electron chi connectivity index (χ4n) is 9.36. The predicted octanol–water partition coefficient (Wildman–Crippen LogP) is 13.4. The molecule has 2 atom stereocenters. The van der Waals surface area contributed by atoms with E-state index < -0.39 is 0 Å². The van der Waals surface area contributed by atoms with Gasteiger partial charge in [-0.25, -0.2) is 0 Å². The van der Waals surface area contributed by atoms with Gasteiger partial charge in [0.2, 0.25) is 0 Å². The van der Waals surface area contributed by atoms with Crippen LogP contribution in [0.3, 0.4) is 0 Å². The first-order valence-corrected chi connectivity index (χ1v) is 21.8. The molecule has 0 bridgehead atoms. The van der Waals surface area contributed by atoms with E-state index in [9.17, 15) is 9.59 Å². The normalized spacial score (nSPS) is 16.2. The Balaban J connectivity index is 0.942. The third-order valence-corrected chi connectivity index (χ3v) is 12.8. The Kier molecular flexibility index (Phi) is 10.1. The Morgan fingerprint density at radius 2 is 1.00 bits per heavy atom. The summed E-state index contributed by atoms with van der Waals surface area (Å²) in [6.07, 6.45) is 3.25. The highest BCUT2D eigenvalue weighted by Crippen LogP contribution is 2.41. The molecule has 8 aromatic rings. The summed E-state index contributed by atoms with van der Waals surface area (Å²) in [5.41, 5.74) is 9.92. The van der Waals surface area contributed by atoms with Crippen molar-refractivity contribution in [2.24, 2.45) is 0 Å². The number of fused-ring (bicyclic) bond motifs is 4. The van der Waals surface area contributed by atoms with Gasteiger partial charge in [-0.15, -0.1) is 0 Å². The van der Waals surface area contributed by atoms with Crippen LogP contribution in [0.1, 0.15) is 94.5 Å². The molecule has 0 fully saturated rings. The molecule has 0 aromatic heterocycles. The Hall–Kier alpha value is -7.18. The summed E-state index contributed by atoms with van der Waals surface area (Å²) in [5.74, 6) is -0.0641. The molecule has 2 amide bonds. The zero-order valence-electron chi connectivity index (χ0n) is 35.4. The second-order valence-electron chi connectivity index (χ2n) is 17.5. The number of carbonyl (C=O) groups excluding carboxylic acids is 2. The van der Waals surface area contributed by atoms with Gasteiger partial charge in [-0.2, -0.15) is 0 Å². The SMILES string of the molecule is CCCCc1ccc(N2C(=O)c3cc(CC(C)(C)c4ccc(N5C(=O)c6ccccc6NC5c5ccc6ccccc6c5)cc4)ccc3NC2c2ccc3ccccc3c2)cc1. The quantitative estimate of drug-likeness (QED) is 0.144. The van der Waals surface area contributed by atoms with Gasteiger partial charge < -0.3 is 10.6 Å². The molecule has 2 unspecified atom stereocenters. The highest BCUT2D eigenvalue weighted by atomic mass is 16.2. The molecular formula is C56H50N4O2. The van der Waals surface area contributed by atoms with E-state index in [1.807, 2.05) is 46.2 Å². The van der Waals surface area contributed by atoms with Crippen molar-refractivity contribution in [2.45, 2.75) is 64.2 Å². The van der Waals surface area contributed by atoms with Crippen LogP contribution in [0, 0.1) is 0 Å².